The summed E-state index contributed by atoms with van der Waals surface area (Å²) < 4.78 is 27.4. The van der Waals surface area contributed by atoms with Crippen molar-refractivity contribution in [2.24, 2.45) is 0 Å². The predicted octanol–water partition coefficient (Wildman–Crippen LogP) is 3.49. The number of amides is 1. The van der Waals surface area contributed by atoms with Crippen LogP contribution in [0.3, 0.4) is 0 Å². The summed E-state index contributed by atoms with van der Waals surface area (Å²) in [5.41, 5.74) is 1.82. The summed E-state index contributed by atoms with van der Waals surface area (Å²) >= 11 is 0. The van der Waals surface area contributed by atoms with Gasteiger partial charge in [0.1, 0.15) is 0 Å². The van der Waals surface area contributed by atoms with Crippen LogP contribution in [0.2, 0.25) is 0 Å². The van der Waals surface area contributed by atoms with Gasteiger partial charge in [0.25, 0.3) is 0 Å². The Balaban J connectivity index is 2.18. The molecular weight excluding hydrogens is 360 g/mol. The molecule has 0 aliphatic carbocycles. The van der Waals surface area contributed by atoms with Gasteiger partial charge in [-0.25, -0.2) is 8.42 Å². The van der Waals surface area contributed by atoms with E-state index in [1.165, 1.54) is 4.31 Å². The van der Waals surface area contributed by atoms with Crippen LogP contribution in [0.4, 0.5) is 0 Å². The normalized spacial score (nSPS) is 11.5. The summed E-state index contributed by atoms with van der Waals surface area (Å²) in [6.45, 7) is 4.52. The van der Waals surface area contributed by atoms with Crippen molar-refractivity contribution in [3.63, 3.8) is 0 Å². The number of carbonyl (C=O) groups is 1. The molecule has 0 unspecified atom stereocenters. The third-order valence-corrected chi connectivity index (χ3v) is 6.09. The fraction of sp³-hybridized carbons (Fsp3) is 0.381. The number of hydrogen-bond donors (Lipinski definition) is 1. The molecule has 0 atom stereocenters. The highest BCUT2D eigenvalue weighted by atomic mass is 32.2. The highest BCUT2D eigenvalue weighted by Crippen LogP contribution is 2.19. The van der Waals surface area contributed by atoms with Crippen LogP contribution in [0.5, 0.6) is 0 Å². The number of unbranched alkanes of at least 4 members (excludes halogenated alkanes) is 2. The van der Waals surface area contributed by atoms with E-state index in [0.717, 1.165) is 30.4 Å². The lowest BCUT2D eigenvalue weighted by Crippen LogP contribution is -2.40. The molecule has 0 aliphatic heterocycles. The second-order valence-electron chi connectivity index (χ2n) is 6.63. The molecule has 0 spiro atoms. The van der Waals surface area contributed by atoms with E-state index < -0.39 is 10.0 Å². The van der Waals surface area contributed by atoms with Gasteiger partial charge < -0.3 is 5.32 Å². The van der Waals surface area contributed by atoms with Crippen LogP contribution in [0.25, 0.3) is 0 Å². The van der Waals surface area contributed by atoms with Crippen LogP contribution in [0.1, 0.15) is 37.3 Å². The van der Waals surface area contributed by atoms with Gasteiger partial charge in [0.05, 0.1) is 11.4 Å². The maximum absolute atomic E-state index is 13.1. The van der Waals surface area contributed by atoms with Gasteiger partial charge in [-0.15, -0.1) is 0 Å². The van der Waals surface area contributed by atoms with Crippen molar-refractivity contribution in [1.82, 2.24) is 9.62 Å². The highest BCUT2D eigenvalue weighted by molar-refractivity contribution is 7.89. The fourth-order valence-corrected chi connectivity index (χ4v) is 4.08. The zero-order valence-corrected chi connectivity index (χ0v) is 16.8. The quantitative estimate of drug-likeness (QED) is 0.634. The number of carbonyl (C=O) groups excluding carboxylic acids is 1. The monoisotopic (exact) mass is 388 g/mol. The van der Waals surface area contributed by atoms with Crippen LogP contribution in [-0.4, -0.2) is 31.7 Å². The van der Waals surface area contributed by atoms with Gasteiger partial charge in [0, 0.05) is 13.1 Å². The van der Waals surface area contributed by atoms with Gasteiger partial charge in [0.15, 0.2) is 0 Å². The molecule has 5 nitrogen and oxygen atoms in total. The first-order valence-corrected chi connectivity index (χ1v) is 10.7. The van der Waals surface area contributed by atoms with Gasteiger partial charge >= 0.3 is 0 Å². The van der Waals surface area contributed by atoms with E-state index in [1.54, 1.807) is 24.3 Å². The molecule has 1 amide bonds. The Morgan fingerprint density at radius 2 is 1.67 bits per heavy atom. The number of hydrogen-bond acceptors (Lipinski definition) is 3. The Labute approximate surface area is 162 Å². The van der Waals surface area contributed by atoms with Gasteiger partial charge in [-0.1, -0.05) is 67.8 Å². The number of aryl methyl sites for hydroxylation is 1. The molecule has 0 radical (unpaired) electrons. The Morgan fingerprint density at radius 1 is 1.00 bits per heavy atom. The number of benzene rings is 2. The van der Waals surface area contributed by atoms with E-state index in [-0.39, 0.29) is 23.9 Å². The molecule has 0 saturated carbocycles. The van der Waals surface area contributed by atoms with Crippen molar-refractivity contribution in [3.8, 4) is 0 Å². The van der Waals surface area contributed by atoms with Gasteiger partial charge in [-0.05, 0) is 31.0 Å². The molecule has 146 valence electrons. The highest BCUT2D eigenvalue weighted by Gasteiger charge is 2.26. The van der Waals surface area contributed by atoms with Gasteiger partial charge in [-0.2, -0.15) is 4.31 Å². The fourth-order valence-electron chi connectivity index (χ4n) is 2.69. The van der Waals surface area contributed by atoms with Crippen molar-refractivity contribution in [2.45, 2.75) is 44.6 Å². The zero-order chi connectivity index (χ0) is 19.7. The van der Waals surface area contributed by atoms with E-state index in [4.69, 9.17) is 0 Å². The van der Waals surface area contributed by atoms with Crippen molar-refractivity contribution >= 4 is 15.9 Å². The van der Waals surface area contributed by atoms with E-state index >= 15 is 0 Å². The molecule has 27 heavy (non-hydrogen) atoms. The Hall–Kier alpha value is -2.18. The maximum Gasteiger partial charge on any atom is 0.243 e. The molecular formula is C21H28N2O3S. The SMILES string of the molecule is CCCCCNC(=O)CN(Cc1ccccc1)S(=O)(=O)c1ccc(C)cc1. The summed E-state index contributed by atoms with van der Waals surface area (Å²) in [6, 6.07) is 16.0. The summed E-state index contributed by atoms with van der Waals surface area (Å²) in [5.74, 6) is -0.280. The van der Waals surface area contributed by atoms with Gasteiger partial charge in [-0.3, -0.25) is 4.79 Å². The first kappa shape index (κ1) is 21.1. The third kappa shape index (κ3) is 6.48. The predicted molar refractivity (Wildman–Crippen MR) is 108 cm³/mol. The second-order valence-corrected chi connectivity index (χ2v) is 8.57. The number of nitrogens with zero attached hydrogens (tertiary/aromatic N) is 1. The lowest BCUT2D eigenvalue weighted by molar-refractivity contribution is -0.121. The summed E-state index contributed by atoms with van der Waals surface area (Å²) in [4.78, 5) is 12.5. The minimum absolute atomic E-state index is 0.152. The summed E-state index contributed by atoms with van der Waals surface area (Å²) in [5, 5.41) is 2.82. The Morgan fingerprint density at radius 3 is 2.30 bits per heavy atom. The molecule has 0 saturated heterocycles. The first-order valence-electron chi connectivity index (χ1n) is 9.31. The topological polar surface area (TPSA) is 66.5 Å². The molecule has 0 aromatic heterocycles. The van der Waals surface area contributed by atoms with Gasteiger partial charge in [0.2, 0.25) is 15.9 Å². The first-order chi connectivity index (χ1) is 12.9. The molecule has 0 bridgehead atoms. The number of nitrogens with one attached hydrogen (secondary N) is 1. The number of rotatable bonds is 10. The Bertz CT molecular complexity index is 818. The van der Waals surface area contributed by atoms with E-state index in [0.29, 0.717) is 6.54 Å². The minimum Gasteiger partial charge on any atom is -0.355 e. The molecule has 2 rings (SSSR count). The molecule has 0 heterocycles. The standard InChI is InChI=1S/C21H28N2O3S/c1-3-4-8-15-22-21(24)17-23(16-19-9-6-5-7-10-19)27(25,26)20-13-11-18(2)12-14-20/h5-7,9-14H,3-4,8,15-17H2,1-2H3,(H,22,24). The molecule has 2 aromatic rings. The van der Waals surface area contributed by atoms with Crippen LogP contribution in [-0.2, 0) is 21.4 Å². The molecule has 1 N–H and O–H groups in total. The smallest absolute Gasteiger partial charge is 0.243 e. The van der Waals surface area contributed by atoms with Crippen LogP contribution >= 0.6 is 0 Å². The van der Waals surface area contributed by atoms with Crippen LogP contribution in [0, 0.1) is 6.92 Å². The maximum atomic E-state index is 13.1. The average Bonchev–Trinajstić information content (AvgIpc) is 2.66. The lowest BCUT2D eigenvalue weighted by atomic mass is 10.2. The van der Waals surface area contributed by atoms with Crippen molar-refractivity contribution in [1.29, 1.82) is 0 Å². The average molecular weight is 389 g/mol. The van der Waals surface area contributed by atoms with Crippen molar-refractivity contribution < 1.29 is 13.2 Å². The third-order valence-electron chi connectivity index (χ3n) is 4.28. The molecule has 0 aliphatic rings. The minimum atomic E-state index is -3.77. The lowest BCUT2D eigenvalue weighted by Gasteiger charge is -2.22. The Kier molecular flexibility index (Phi) is 8.00. The summed E-state index contributed by atoms with van der Waals surface area (Å²) in [7, 11) is -3.77. The van der Waals surface area contributed by atoms with Crippen molar-refractivity contribution in [2.75, 3.05) is 13.1 Å². The van der Waals surface area contributed by atoms with Crippen molar-refractivity contribution in [3.05, 3.63) is 65.7 Å². The zero-order valence-electron chi connectivity index (χ0n) is 16.0. The molecule has 2 aromatic carbocycles. The molecule has 6 heteroatoms. The van der Waals surface area contributed by atoms with Crippen LogP contribution < -0.4 is 5.32 Å². The van der Waals surface area contributed by atoms with Crippen LogP contribution in [0.15, 0.2) is 59.5 Å². The number of sulfonamides is 1. The summed E-state index contributed by atoms with van der Waals surface area (Å²) in [6.07, 6.45) is 3.00. The van der Waals surface area contributed by atoms with E-state index in [9.17, 15) is 13.2 Å². The molecule has 0 fully saturated rings. The van der Waals surface area contributed by atoms with E-state index in [1.807, 2.05) is 37.3 Å². The van der Waals surface area contributed by atoms with E-state index in [2.05, 4.69) is 12.2 Å². The second kappa shape index (κ2) is 10.2. The largest absolute Gasteiger partial charge is 0.355 e.